The normalized spacial score (nSPS) is 10.5. The fourth-order valence-electron chi connectivity index (χ4n) is 1.37. The van der Waals surface area contributed by atoms with Crippen LogP contribution in [0.25, 0.3) is 0 Å². The molecule has 2 heterocycles. The third-order valence-electron chi connectivity index (χ3n) is 2.31. The lowest BCUT2D eigenvalue weighted by Gasteiger charge is -2.04. The van der Waals surface area contributed by atoms with Crippen LogP contribution in [0.5, 0.6) is 0 Å². The Morgan fingerprint density at radius 2 is 2.30 bits per heavy atom. The summed E-state index contributed by atoms with van der Waals surface area (Å²) in [7, 11) is 1.60. The van der Waals surface area contributed by atoms with Gasteiger partial charge in [0.05, 0.1) is 4.88 Å². The Morgan fingerprint density at radius 3 is 3.00 bits per heavy atom. The Hall–Kier alpha value is -1.91. The van der Waals surface area contributed by atoms with Crippen LogP contribution in [0.4, 0.5) is 0 Å². The smallest absolute Gasteiger partial charge is 0.289 e. The number of rotatable bonds is 4. The number of carbonyl (C=O) groups excluding carboxylic acids is 1. The number of thiophene rings is 1. The van der Waals surface area contributed by atoms with Crippen molar-refractivity contribution in [3.63, 3.8) is 0 Å². The summed E-state index contributed by atoms with van der Waals surface area (Å²) in [6.45, 7) is 0. The molecule has 0 atom stereocenters. The number of hydrogen-bond acceptors (Lipinski definition) is 7. The minimum atomic E-state index is -0.819. The minimum absolute atomic E-state index is 0.346. The second-order valence-corrected chi connectivity index (χ2v) is 5.84. The molecule has 0 aromatic carbocycles. The van der Waals surface area contributed by atoms with Crippen molar-refractivity contribution >= 4 is 29.0 Å². The maximum absolute atomic E-state index is 11.3. The first kappa shape index (κ1) is 14.5. The summed E-state index contributed by atoms with van der Waals surface area (Å²) in [5.74, 6) is 5.23. The number of aromatic amines is 1. The van der Waals surface area contributed by atoms with Gasteiger partial charge in [0.15, 0.2) is 5.16 Å². The van der Waals surface area contributed by atoms with Crippen LogP contribution in [0.1, 0.15) is 14.5 Å². The largest absolute Gasteiger partial charge is 0.339 e. The molecule has 1 amide bonds. The number of nitrogens with one attached hydrogen (secondary N) is 2. The highest BCUT2D eigenvalue weighted by Gasteiger charge is 2.09. The maximum Gasteiger partial charge on any atom is 0.339 e. The van der Waals surface area contributed by atoms with Gasteiger partial charge in [-0.15, -0.1) is 11.3 Å². The third kappa shape index (κ3) is 3.15. The fraction of sp³-hybridized carbons (Fsp3) is 0.200. The van der Waals surface area contributed by atoms with Crippen molar-refractivity contribution in [1.82, 2.24) is 20.2 Å². The lowest BCUT2D eigenvalue weighted by Crippen LogP contribution is -2.33. The Morgan fingerprint density at radius 1 is 1.55 bits per heavy atom. The second-order valence-electron chi connectivity index (χ2n) is 3.73. The van der Waals surface area contributed by atoms with Crippen LogP contribution in [-0.4, -0.2) is 20.7 Å². The molecule has 0 spiro atoms. The van der Waals surface area contributed by atoms with Crippen LogP contribution in [0.15, 0.2) is 26.9 Å². The van der Waals surface area contributed by atoms with Crippen molar-refractivity contribution in [2.24, 2.45) is 12.9 Å². The number of hydrogen-bond donors (Lipinski definition) is 3. The molecule has 0 saturated carbocycles. The number of hydrazine groups is 1. The first-order chi connectivity index (χ1) is 9.51. The summed E-state index contributed by atoms with van der Waals surface area (Å²) < 4.78 is 1.38. The fourth-order valence-corrected chi connectivity index (χ4v) is 3.25. The molecule has 20 heavy (non-hydrogen) atoms. The summed E-state index contributed by atoms with van der Waals surface area (Å²) in [6, 6.07) is 3.47. The Balaban J connectivity index is 2.11. The molecular formula is C10H11N5O3S2. The molecule has 0 fully saturated rings. The van der Waals surface area contributed by atoms with Gasteiger partial charge in [-0.2, -0.15) is 4.98 Å². The number of aromatic nitrogens is 3. The molecule has 2 rings (SSSR count). The molecule has 0 bridgehead atoms. The van der Waals surface area contributed by atoms with E-state index >= 15 is 0 Å². The average Bonchev–Trinajstić information content (AvgIpc) is 2.89. The quantitative estimate of drug-likeness (QED) is 0.228. The number of carbonyl (C=O) groups is 1. The molecule has 0 aliphatic carbocycles. The van der Waals surface area contributed by atoms with Crippen LogP contribution in [0, 0.1) is 0 Å². The number of nitrogens with zero attached hydrogens (tertiary/aromatic N) is 2. The number of aryl methyl sites for hydroxylation is 1. The first-order valence-corrected chi connectivity index (χ1v) is 7.21. The number of nitrogen functional groups attached to an aromatic ring is 1. The Labute approximate surface area is 121 Å². The van der Waals surface area contributed by atoms with Crippen LogP contribution in [0.3, 0.4) is 0 Å². The van der Waals surface area contributed by atoms with E-state index in [2.05, 4.69) is 15.5 Å². The lowest BCUT2D eigenvalue weighted by molar-refractivity contribution is 0.0957. The monoisotopic (exact) mass is 313 g/mol. The Kier molecular flexibility index (Phi) is 4.37. The SMILES string of the molecule is Cn1[nH]c(=O)c(=O)nc1SCc1ccc(C(=O)NN)s1. The zero-order valence-electron chi connectivity index (χ0n) is 10.4. The van der Waals surface area contributed by atoms with E-state index in [4.69, 9.17) is 5.84 Å². The molecule has 2 aromatic rings. The van der Waals surface area contributed by atoms with Gasteiger partial charge in [0, 0.05) is 17.7 Å². The molecule has 0 aliphatic heterocycles. The first-order valence-electron chi connectivity index (χ1n) is 5.41. The van der Waals surface area contributed by atoms with E-state index in [9.17, 15) is 14.4 Å². The van der Waals surface area contributed by atoms with E-state index in [0.717, 1.165) is 4.88 Å². The summed E-state index contributed by atoms with van der Waals surface area (Å²) >= 11 is 2.58. The van der Waals surface area contributed by atoms with E-state index in [1.54, 1.807) is 19.2 Å². The van der Waals surface area contributed by atoms with E-state index in [1.807, 2.05) is 0 Å². The van der Waals surface area contributed by atoms with Gasteiger partial charge < -0.3 is 0 Å². The molecule has 0 unspecified atom stereocenters. The zero-order chi connectivity index (χ0) is 14.7. The summed E-state index contributed by atoms with van der Waals surface area (Å²) in [5, 5.41) is 2.76. The second kappa shape index (κ2) is 6.03. The van der Waals surface area contributed by atoms with E-state index in [0.29, 0.717) is 15.8 Å². The van der Waals surface area contributed by atoms with Crippen molar-refractivity contribution in [3.05, 3.63) is 42.6 Å². The zero-order valence-corrected chi connectivity index (χ0v) is 12.0. The van der Waals surface area contributed by atoms with Crippen molar-refractivity contribution in [3.8, 4) is 0 Å². The molecule has 4 N–H and O–H groups in total. The van der Waals surface area contributed by atoms with Gasteiger partial charge in [-0.05, 0) is 12.1 Å². The van der Waals surface area contributed by atoms with Gasteiger partial charge >= 0.3 is 11.1 Å². The van der Waals surface area contributed by atoms with Crippen LogP contribution >= 0.6 is 23.1 Å². The highest BCUT2D eigenvalue weighted by molar-refractivity contribution is 7.98. The number of thioether (sulfide) groups is 1. The predicted molar refractivity (Wildman–Crippen MR) is 75.6 cm³/mol. The van der Waals surface area contributed by atoms with Crippen LogP contribution in [-0.2, 0) is 12.8 Å². The lowest BCUT2D eigenvalue weighted by atomic mass is 10.4. The van der Waals surface area contributed by atoms with E-state index in [-0.39, 0.29) is 5.91 Å². The van der Waals surface area contributed by atoms with E-state index < -0.39 is 11.1 Å². The summed E-state index contributed by atoms with van der Waals surface area (Å²) in [6.07, 6.45) is 0. The third-order valence-corrected chi connectivity index (χ3v) is 4.65. The van der Waals surface area contributed by atoms with Gasteiger partial charge in [0.2, 0.25) is 0 Å². The van der Waals surface area contributed by atoms with Crippen molar-refractivity contribution < 1.29 is 4.79 Å². The van der Waals surface area contributed by atoms with Crippen molar-refractivity contribution in [2.45, 2.75) is 10.9 Å². The average molecular weight is 313 g/mol. The van der Waals surface area contributed by atoms with Gasteiger partial charge in [-0.25, -0.2) is 5.84 Å². The number of nitrogens with two attached hydrogens (primary N) is 1. The van der Waals surface area contributed by atoms with Crippen molar-refractivity contribution in [1.29, 1.82) is 0 Å². The summed E-state index contributed by atoms with van der Waals surface area (Å²) in [4.78, 5) is 38.7. The van der Waals surface area contributed by atoms with E-state index in [1.165, 1.54) is 27.8 Å². The Bertz CT molecular complexity index is 748. The van der Waals surface area contributed by atoms with Gasteiger partial charge in [-0.1, -0.05) is 11.8 Å². The number of amides is 1. The molecule has 0 aliphatic rings. The molecule has 0 saturated heterocycles. The molecule has 10 heteroatoms. The molecular weight excluding hydrogens is 302 g/mol. The van der Waals surface area contributed by atoms with Crippen molar-refractivity contribution in [2.75, 3.05) is 0 Å². The molecule has 106 valence electrons. The molecule has 8 nitrogen and oxygen atoms in total. The van der Waals surface area contributed by atoms with Crippen LogP contribution < -0.4 is 22.4 Å². The topological polar surface area (TPSA) is 123 Å². The highest BCUT2D eigenvalue weighted by Crippen LogP contribution is 2.24. The maximum atomic E-state index is 11.3. The molecule has 2 aromatic heterocycles. The van der Waals surface area contributed by atoms with Gasteiger partial charge in [0.25, 0.3) is 5.91 Å². The number of H-pyrrole nitrogens is 1. The predicted octanol–water partition coefficient (Wildman–Crippen LogP) is -0.574. The highest BCUT2D eigenvalue weighted by atomic mass is 32.2. The summed E-state index contributed by atoms with van der Waals surface area (Å²) in [5.41, 5.74) is 0.484. The van der Waals surface area contributed by atoms with Crippen LogP contribution in [0.2, 0.25) is 0 Å². The minimum Gasteiger partial charge on any atom is -0.289 e. The molecule has 0 radical (unpaired) electrons. The standard InChI is InChI=1S/C10H11N5O3S2/c1-15-10(12-8(17)9(18)14-15)19-4-5-2-3-6(20-5)7(16)13-11/h2-3H,4,11H2,1H3,(H,13,16)(H,14,18). The van der Waals surface area contributed by atoms with Gasteiger partial charge in [0.1, 0.15) is 0 Å². The van der Waals surface area contributed by atoms with Gasteiger partial charge in [-0.3, -0.25) is 29.6 Å².